The first-order valence-electron chi connectivity index (χ1n) is 6.96. The molecule has 0 unspecified atom stereocenters. The zero-order valence-corrected chi connectivity index (χ0v) is 11.0. The van der Waals surface area contributed by atoms with Crippen molar-refractivity contribution in [1.29, 1.82) is 0 Å². The van der Waals surface area contributed by atoms with Crippen molar-refractivity contribution in [3.8, 4) is 0 Å². The smallest absolute Gasteiger partial charge is 0.242 e. The molecule has 4 nitrogen and oxygen atoms in total. The third-order valence-electron chi connectivity index (χ3n) is 4.28. The summed E-state index contributed by atoms with van der Waals surface area (Å²) in [6, 6.07) is 0. The van der Waals surface area contributed by atoms with Crippen molar-refractivity contribution in [1.82, 2.24) is 9.80 Å². The molecule has 1 aliphatic heterocycles. The Morgan fingerprint density at radius 2 is 1.71 bits per heavy atom. The number of rotatable bonds is 2. The van der Waals surface area contributed by atoms with Gasteiger partial charge in [0, 0.05) is 26.2 Å². The lowest BCUT2D eigenvalue weighted by molar-refractivity contribution is -0.140. The topological polar surface area (TPSA) is 49.6 Å². The molecule has 0 radical (unpaired) electrons. The van der Waals surface area contributed by atoms with Crippen LogP contribution in [-0.2, 0) is 4.79 Å². The lowest BCUT2D eigenvalue weighted by atomic mass is 9.81. The summed E-state index contributed by atoms with van der Waals surface area (Å²) in [6.45, 7) is 6.95. The second-order valence-electron chi connectivity index (χ2n) is 5.44. The molecule has 2 fully saturated rings. The molecule has 1 saturated heterocycles. The van der Waals surface area contributed by atoms with Crippen LogP contribution in [0.3, 0.4) is 0 Å². The molecular weight excluding hydrogens is 214 g/mol. The number of carbonyl (C=O) groups excluding carboxylic acids is 1. The highest BCUT2D eigenvalue weighted by Gasteiger charge is 2.38. The van der Waals surface area contributed by atoms with E-state index in [1.165, 1.54) is 6.42 Å². The number of piperazine rings is 1. The fourth-order valence-corrected chi connectivity index (χ4v) is 2.98. The summed E-state index contributed by atoms with van der Waals surface area (Å²) in [5.41, 5.74) is 5.75. The first kappa shape index (κ1) is 12.8. The van der Waals surface area contributed by atoms with Gasteiger partial charge in [-0.15, -0.1) is 0 Å². The Hall–Kier alpha value is -0.610. The first-order valence-corrected chi connectivity index (χ1v) is 6.96. The van der Waals surface area contributed by atoms with Crippen LogP contribution in [0.15, 0.2) is 0 Å². The number of amides is 1. The van der Waals surface area contributed by atoms with Gasteiger partial charge in [-0.3, -0.25) is 4.79 Å². The van der Waals surface area contributed by atoms with Gasteiger partial charge in [0.1, 0.15) is 0 Å². The average Bonchev–Trinajstić information content (AvgIpc) is 2.39. The van der Waals surface area contributed by atoms with Gasteiger partial charge < -0.3 is 15.5 Å². The third kappa shape index (κ3) is 2.80. The zero-order valence-electron chi connectivity index (χ0n) is 11.0. The van der Waals surface area contributed by atoms with Gasteiger partial charge in [-0.2, -0.15) is 0 Å². The van der Waals surface area contributed by atoms with Gasteiger partial charge in [0.15, 0.2) is 0 Å². The van der Waals surface area contributed by atoms with Crippen LogP contribution in [0.1, 0.15) is 39.0 Å². The summed E-state index contributed by atoms with van der Waals surface area (Å²) in [6.07, 6.45) is 5.20. The van der Waals surface area contributed by atoms with E-state index in [9.17, 15) is 4.79 Å². The van der Waals surface area contributed by atoms with Gasteiger partial charge in [0.2, 0.25) is 5.91 Å². The van der Waals surface area contributed by atoms with Crippen LogP contribution >= 0.6 is 0 Å². The lowest BCUT2D eigenvalue weighted by Crippen LogP contribution is -2.60. The molecule has 4 heteroatoms. The van der Waals surface area contributed by atoms with E-state index in [0.717, 1.165) is 58.4 Å². The van der Waals surface area contributed by atoms with E-state index in [2.05, 4.69) is 11.8 Å². The lowest BCUT2D eigenvalue weighted by Gasteiger charge is -2.40. The Morgan fingerprint density at radius 3 is 2.24 bits per heavy atom. The normalized spacial score (nSPS) is 25.9. The zero-order chi connectivity index (χ0) is 12.3. The average molecular weight is 239 g/mol. The standard InChI is InChI=1S/C13H25N3O/c1-2-15-8-10-16(11-9-15)12(17)13(14)6-4-3-5-7-13/h2-11,14H2,1H3. The predicted octanol–water partition coefficient (Wildman–Crippen LogP) is 0.812. The van der Waals surface area contributed by atoms with Gasteiger partial charge >= 0.3 is 0 Å². The highest BCUT2D eigenvalue weighted by Crippen LogP contribution is 2.28. The second-order valence-corrected chi connectivity index (χ2v) is 5.44. The van der Waals surface area contributed by atoms with Crippen LogP contribution in [0.5, 0.6) is 0 Å². The van der Waals surface area contributed by atoms with E-state index in [0.29, 0.717) is 0 Å². The first-order chi connectivity index (χ1) is 8.15. The Kier molecular flexibility index (Phi) is 4.05. The minimum Gasteiger partial charge on any atom is -0.339 e. The Morgan fingerprint density at radius 1 is 1.12 bits per heavy atom. The van der Waals surface area contributed by atoms with Gasteiger partial charge in [0.05, 0.1) is 5.54 Å². The molecule has 1 saturated carbocycles. The minimum atomic E-state index is -0.549. The van der Waals surface area contributed by atoms with E-state index >= 15 is 0 Å². The van der Waals surface area contributed by atoms with Crippen molar-refractivity contribution in [3.05, 3.63) is 0 Å². The monoisotopic (exact) mass is 239 g/mol. The number of hydrogen-bond donors (Lipinski definition) is 1. The molecule has 98 valence electrons. The molecule has 1 aliphatic carbocycles. The molecule has 0 aromatic heterocycles. The predicted molar refractivity (Wildman–Crippen MR) is 68.7 cm³/mol. The number of nitrogens with zero attached hydrogens (tertiary/aromatic N) is 2. The Bertz CT molecular complexity index is 266. The molecule has 0 atom stereocenters. The maximum absolute atomic E-state index is 12.5. The Balaban J connectivity index is 1.91. The van der Waals surface area contributed by atoms with Crippen molar-refractivity contribution in [2.24, 2.45) is 5.73 Å². The molecule has 1 amide bonds. The summed E-state index contributed by atoms with van der Waals surface area (Å²) in [7, 11) is 0. The van der Waals surface area contributed by atoms with E-state index in [-0.39, 0.29) is 5.91 Å². The Labute approximate surface area is 104 Å². The molecule has 0 spiro atoms. The van der Waals surface area contributed by atoms with Crippen LogP contribution in [0.25, 0.3) is 0 Å². The maximum atomic E-state index is 12.5. The fourth-order valence-electron chi connectivity index (χ4n) is 2.98. The van der Waals surface area contributed by atoms with E-state index in [4.69, 9.17) is 5.73 Å². The fraction of sp³-hybridized carbons (Fsp3) is 0.923. The molecule has 17 heavy (non-hydrogen) atoms. The number of carbonyl (C=O) groups is 1. The largest absolute Gasteiger partial charge is 0.339 e. The maximum Gasteiger partial charge on any atom is 0.242 e. The molecule has 1 heterocycles. The van der Waals surface area contributed by atoms with Gasteiger partial charge in [0.25, 0.3) is 0 Å². The molecule has 2 aliphatic rings. The SMILES string of the molecule is CCN1CCN(C(=O)C2(N)CCCCC2)CC1. The summed E-state index contributed by atoms with van der Waals surface area (Å²) in [4.78, 5) is 16.8. The van der Waals surface area contributed by atoms with Gasteiger partial charge in [-0.1, -0.05) is 26.2 Å². The molecule has 0 bridgehead atoms. The van der Waals surface area contributed by atoms with Crippen molar-refractivity contribution >= 4 is 5.91 Å². The molecule has 2 rings (SSSR count). The molecule has 0 aromatic rings. The van der Waals surface area contributed by atoms with E-state index in [1.54, 1.807) is 0 Å². The van der Waals surface area contributed by atoms with E-state index < -0.39 is 5.54 Å². The third-order valence-corrected chi connectivity index (χ3v) is 4.28. The van der Waals surface area contributed by atoms with Crippen LogP contribution < -0.4 is 5.73 Å². The molecule has 2 N–H and O–H groups in total. The van der Waals surface area contributed by atoms with Crippen LogP contribution in [0.4, 0.5) is 0 Å². The summed E-state index contributed by atoms with van der Waals surface area (Å²) >= 11 is 0. The summed E-state index contributed by atoms with van der Waals surface area (Å²) in [5, 5.41) is 0. The van der Waals surface area contributed by atoms with E-state index in [1.807, 2.05) is 4.90 Å². The van der Waals surface area contributed by atoms with Gasteiger partial charge in [-0.05, 0) is 19.4 Å². The molecule has 0 aromatic carbocycles. The quantitative estimate of drug-likeness (QED) is 0.776. The summed E-state index contributed by atoms with van der Waals surface area (Å²) in [5.74, 6) is 0.202. The minimum absolute atomic E-state index is 0.202. The number of hydrogen-bond acceptors (Lipinski definition) is 3. The highest BCUT2D eigenvalue weighted by molar-refractivity contribution is 5.86. The number of nitrogens with two attached hydrogens (primary N) is 1. The summed E-state index contributed by atoms with van der Waals surface area (Å²) < 4.78 is 0. The highest BCUT2D eigenvalue weighted by atomic mass is 16.2. The van der Waals surface area contributed by atoms with Crippen LogP contribution in [0.2, 0.25) is 0 Å². The van der Waals surface area contributed by atoms with Crippen molar-refractivity contribution < 1.29 is 4.79 Å². The van der Waals surface area contributed by atoms with Crippen LogP contribution in [-0.4, -0.2) is 54.0 Å². The van der Waals surface area contributed by atoms with Crippen LogP contribution in [0, 0.1) is 0 Å². The number of likely N-dealkylation sites (N-methyl/N-ethyl adjacent to an activating group) is 1. The van der Waals surface area contributed by atoms with Crippen molar-refractivity contribution in [2.75, 3.05) is 32.7 Å². The van der Waals surface area contributed by atoms with Gasteiger partial charge in [-0.25, -0.2) is 0 Å². The second kappa shape index (κ2) is 5.36. The molecular formula is C13H25N3O. The van der Waals surface area contributed by atoms with Crippen molar-refractivity contribution in [3.63, 3.8) is 0 Å². The van der Waals surface area contributed by atoms with Crippen molar-refractivity contribution in [2.45, 2.75) is 44.6 Å².